The minimum atomic E-state index is 0.344. The van der Waals surface area contributed by atoms with E-state index in [0.717, 1.165) is 11.0 Å². The minimum absolute atomic E-state index is 0.344. The molecule has 0 atom stereocenters. The highest BCUT2D eigenvalue weighted by Crippen LogP contribution is 2.14. The zero-order chi connectivity index (χ0) is 6.04. The van der Waals surface area contributed by atoms with Gasteiger partial charge in [-0.3, -0.25) is 0 Å². The maximum atomic E-state index is 8.55. The normalized spacial score (nSPS) is 24.8. The maximum absolute atomic E-state index is 8.55. The summed E-state index contributed by atoms with van der Waals surface area (Å²) >= 11 is 0. The third kappa shape index (κ3) is 1.01. The highest BCUT2D eigenvalue weighted by atomic mass is 16.3. The predicted octanol–water partition coefficient (Wildman–Crippen LogP) is -0.171. The second-order valence-electron chi connectivity index (χ2n) is 2.87. The molecule has 1 N–H and O–H groups in total. The number of aliphatic hydroxyl groups is 1. The second kappa shape index (κ2) is 2.03. The van der Waals surface area contributed by atoms with E-state index >= 15 is 0 Å². The summed E-state index contributed by atoms with van der Waals surface area (Å²) in [6.45, 7) is 3.82. The number of hydrogen-bond donors (Lipinski definition) is 1. The van der Waals surface area contributed by atoms with Gasteiger partial charge >= 0.3 is 0 Å². The van der Waals surface area contributed by atoms with Crippen molar-refractivity contribution < 1.29 is 9.59 Å². The number of likely N-dealkylation sites (N-methyl/N-ethyl adjacent to an activating group) is 1. The summed E-state index contributed by atoms with van der Waals surface area (Å²) in [5, 5.41) is 8.55. The molecule has 0 spiro atoms. The maximum Gasteiger partial charge on any atom is 0.102 e. The van der Waals surface area contributed by atoms with Crippen molar-refractivity contribution in [1.82, 2.24) is 0 Å². The molecule has 0 unspecified atom stereocenters. The van der Waals surface area contributed by atoms with Gasteiger partial charge in [0.05, 0.1) is 26.7 Å². The summed E-state index contributed by atoms with van der Waals surface area (Å²) in [6.07, 6.45) is 1.34. The Morgan fingerprint density at radius 1 is 1.50 bits per heavy atom. The van der Waals surface area contributed by atoms with E-state index in [2.05, 4.69) is 7.05 Å². The van der Waals surface area contributed by atoms with Crippen molar-refractivity contribution in [3.8, 4) is 0 Å². The first-order valence-electron chi connectivity index (χ1n) is 3.21. The fourth-order valence-electron chi connectivity index (χ4n) is 1.16. The molecule has 8 heavy (non-hydrogen) atoms. The van der Waals surface area contributed by atoms with Gasteiger partial charge in [-0.25, -0.2) is 0 Å². The third-order valence-electron chi connectivity index (χ3n) is 2.04. The average Bonchev–Trinajstić information content (AvgIpc) is 1.64. The molecule has 1 heterocycles. The summed E-state index contributed by atoms with van der Waals surface area (Å²) < 4.78 is 1.09. The van der Waals surface area contributed by atoms with E-state index in [0.29, 0.717) is 6.61 Å². The fraction of sp³-hybridized carbons (Fsp3) is 1.00. The number of rotatable bonds is 2. The Kier molecular flexibility index (Phi) is 1.54. The van der Waals surface area contributed by atoms with Crippen molar-refractivity contribution in [2.75, 3.05) is 33.3 Å². The van der Waals surface area contributed by atoms with Crippen LogP contribution in [0.25, 0.3) is 0 Å². The van der Waals surface area contributed by atoms with Crippen LogP contribution in [0.2, 0.25) is 0 Å². The lowest BCUT2D eigenvalue weighted by atomic mass is 10.1. The molecule has 0 radical (unpaired) electrons. The topological polar surface area (TPSA) is 20.2 Å². The van der Waals surface area contributed by atoms with E-state index in [-0.39, 0.29) is 0 Å². The lowest BCUT2D eigenvalue weighted by Gasteiger charge is -2.41. The lowest BCUT2D eigenvalue weighted by molar-refractivity contribution is -0.946. The first-order valence-corrected chi connectivity index (χ1v) is 3.21. The van der Waals surface area contributed by atoms with Crippen LogP contribution >= 0.6 is 0 Å². The van der Waals surface area contributed by atoms with Gasteiger partial charge in [0.1, 0.15) is 6.54 Å². The molecule has 0 amide bonds. The molecule has 1 saturated heterocycles. The third-order valence-corrected chi connectivity index (χ3v) is 2.04. The van der Waals surface area contributed by atoms with Gasteiger partial charge in [0.2, 0.25) is 0 Å². The Bertz CT molecular complexity index is 78.6. The first-order chi connectivity index (χ1) is 3.77. The van der Waals surface area contributed by atoms with Crippen molar-refractivity contribution in [3.05, 3.63) is 0 Å². The van der Waals surface area contributed by atoms with E-state index in [4.69, 9.17) is 5.11 Å². The minimum Gasteiger partial charge on any atom is -0.391 e. The van der Waals surface area contributed by atoms with Crippen LogP contribution in [0, 0.1) is 0 Å². The van der Waals surface area contributed by atoms with Crippen LogP contribution in [0.5, 0.6) is 0 Å². The SMILES string of the molecule is C[N+]1(CCO)CCC1. The molecular formula is C6H14NO+. The molecule has 0 aromatic carbocycles. The first kappa shape index (κ1) is 6.05. The monoisotopic (exact) mass is 116 g/mol. The zero-order valence-electron chi connectivity index (χ0n) is 5.43. The molecule has 2 heteroatoms. The molecule has 0 aromatic rings. The molecule has 1 aliphatic rings. The quantitative estimate of drug-likeness (QED) is 0.497. The van der Waals surface area contributed by atoms with E-state index in [1.54, 1.807) is 0 Å². The summed E-state index contributed by atoms with van der Waals surface area (Å²) in [5.41, 5.74) is 0. The molecule has 0 saturated carbocycles. The van der Waals surface area contributed by atoms with Crippen LogP contribution in [0.4, 0.5) is 0 Å². The van der Waals surface area contributed by atoms with Crippen LogP contribution in [0.15, 0.2) is 0 Å². The smallest absolute Gasteiger partial charge is 0.102 e. The van der Waals surface area contributed by atoms with Crippen molar-refractivity contribution in [1.29, 1.82) is 0 Å². The molecule has 0 aromatic heterocycles. The molecular weight excluding hydrogens is 102 g/mol. The Morgan fingerprint density at radius 2 is 2.12 bits per heavy atom. The van der Waals surface area contributed by atoms with Gasteiger partial charge in [-0.15, -0.1) is 0 Å². The van der Waals surface area contributed by atoms with Crippen LogP contribution in [0.3, 0.4) is 0 Å². The van der Waals surface area contributed by atoms with Crippen molar-refractivity contribution in [2.45, 2.75) is 6.42 Å². The van der Waals surface area contributed by atoms with Gasteiger partial charge < -0.3 is 9.59 Å². The summed E-state index contributed by atoms with van der Waals surface area (Å²) in [7, 11) is 2.19. The Balaban J connectivity index is 2.20. The van der Waals surface area contributed by atoms with E-state index < -0.39 is 0 Å². The van der Waals surface area contributed by atoms with Gasteiger partial charge in [-0.05, 0) is 0 Å². The van der Waals surface area contributed by atoms with E-state index in [1.807, 2.05) is 0 Å². The number of hydrogen-bond acceptors (Lipinski definition) is 1. The van der Waals surface area contributed by atoms with Gasteiger partial charge in [0, 0.05) is 6.42 Å². The van der Waals surface area contributed by atoms with Crippen LogP contribution in [-0.2, 0) is 0 Å². The summed E-state index contributed by atoms with van der Waals surface area (Å²) in [4.78, 5) is 0. The van der Waals surface area contributed by atoms with Gasteiger partial charge in [0.25, 0.3) is 0 Å². The number of aliphatic hydroxyl groups excluding tert-OH is 1. The lowest BCUT2D eigenvalue weighted by Crippen LogP contribution is -2.55. The highest BCUT2D eigenvalue weighted by molar-refractivity contribution is 4.50. The van der Waals surface area contributed by atoms with E-state index in [9.17, 15) is 0 Å². The Hall–Kier alpha value is -0.0800. The molecule has 48 valence electrons. The number of quaternary nitrogens is 1. The molecule has 0 bridgehead atoms. The largest absolute Gasteiger partial charge is 0.391 e. The number of likely N-dealkylation sites (tertiary alicyclic amines) is 1. The van der Waals surface area contributed by atoms with Crippen LogP contribution in [-0.4, -0.2) is 42.9 Å². The van der Waals surface area contributed by atoms with Crippen molar-refractivity contribution in [3.63, 3.8) is 0 Å². The van der Waals surface area contributed by atoms with Gasteiger partial charge in [-0.1, -0.05) is 0 Å². The zero-order valence-corrected chi connectivity index (χ0v) is 5.43. The molecule has 0 aliphatic carbocycles. The average molecular weight is 116 g/mol. The van der Waals surface area contributed by atoms with Crippen LogP contribution < -0.4 is 0 Å². The standard InChI is InChI=1S/C6H14NO/c1-7(5-6-8)3-2-4-7/h8H,2-6H2,1H3/q+1. The van der Waals surface area contributed by atoms with Crippen molar-refractivity contribution in [2.24, 2.45) is 0 Å². The van der Waals surface area contributed by atoms with E-state index in [1.165, 1.54) is 19.5 Å². The van der Waals surface area contributed by atoms with Crippen LogP contribution in [0.1, 0.15) is 6.42 Å². The van der Waals surface area contributed by atoms with Gasteiger partial charge in [-0.2, -0.15) is 0 Å². The summed E-state index contributed by atoms with van der Waals surface area (Å²) in [5.74, 6) is 0. The van der Waals surface area contributed by atoms with Gasteiger partial charge in [0.15, 0.2) is 0 Å². The Morgan fingerprint density at radius 3 is 2.25 bits per heavy atom. The molecule has 1 fully saturated rings. The highest BCUT2D eigenvalue weighted by Gasteiger charge is 2.28. The summed E-state index contributed by atoms with van der Waals surface area (Å²) in [6, 6.07) is 0. The molecule has 2 nitrogen and oxygen atoms in total. The fourth-order valence-corrected chi connectivity index (χ4v) is 1.16. The molecule has 1 aliphatic heterocycles. The predicted molar refractivity (Wildman–Crippen MR) is 32.5 cm³/mol. The number of nitrogens with zero attached hydrogens (tertiary/aromatic N) is 1. The second-order valence-corrected chi connectivity index (χ2v) is 2.87. The van der Waals surface area contributed by atoms with Crippen molar-refractivity contribution >= 4 is 0 Å². The Labute approximate surface area is 50.3 Å². The molecule has 1 rings (SSSR count).